The van der Waals surface area contributed by atoms with E-state index in [4.69, 9.17) is 16.3 Å². The summed E-state index contributed by atoms with van der Waals surface area (Å²) in [7, 11) is 0. The molecule has 0 aliphatic carbocycles. The van der Waals surface area contributed by atoms with Crippen molar-refractivity contribution in [3.05, 3.63) is 58.3 Å². The number of rotatable bonds is 4. The summed E-state index contributed by atoms with van der Waals surface area (Å²) in [5.41, 5.74) is 1.13. The third kappa shape index (κ3) is 2.82. The largest absolute Gasteiger partial charge is 0.366 e. The number of ether oxygens (including phenoxy) is 1. The molecule has 0 aliphatic heterocycles. The zero-order valence-electron chi connectivity index (χ0n) is 10.9. The van der Waals surface area contributed by atoms with Gasteiger partial charge >= 0.3 is 0 Å². The second-order valence-electron chi connectivity index (χ2n) is 4.43. The first kappa shape index (κ1) is 13.5. The van der Waals surface area contributed by atoms with Crippen LogP contribution in [0.4, 0.5) is 0 Å². The lowest BCUT2D eigenvalue weighted by molar-refractivity contribution is 0.0485. The molecule has 0 spiro atoms. The summed E-state index contributed by atoms with van der Waals surface area (Å²) in [6, 6.07) is 12.0. The SMILES string of the molecule is CC(OCc1nc(Cl)c2ccsc2n1)c1ccccc1. The van der Waals surface area contributed by atoms with Crippen molar-refractivity contribution in [1.29, 1.82) is 0 Å². The topological polar surface area (TPSA) is 35.0 Å². The van der Waals surface area contributed by atoms with Gasteiger partial charge in [0.1, 0.15) is 16.6 Å². The van der Waals surface area contributed by atoms with Crippen LogP contribution in [-0.2, 0) is 11.3 Å². The van der Waals surface area contributed by atoms with Crippen LogP contribution in [-0.4, -0.2) is 9.97 Å². The fourth-order valence-corrected chi connectivity index (χ4v) is 3.03. The van der Waals surface area contributed by atoms with Crippen LogP contribution in [0.3, 0.4) is 0 Å². The highest BCUT2D eigenvalue weighted by Crippen LogP contribution is 2.25. The third-order valence-corrected chi connectivity index (χ3v) is 4.15. The Morgan fingerprint density at radius 3 is 2.80 bits per heavy atom. The molecule has 0 bridgehead atoms. The highest BCUT2D eigenvalue weighted by molar-refractivity contribution is 7.16. The van der Waals surface area contributed by atoms with Crippen molar-refractivity contribution >= 4 is 33.2 Å². The Hall–Kier alpha value is -1.49. The van der Waals surface area contributed by atoms with Crippen molar-refractivity contribution in [2.75, 3.05) is 0 Å². The summed E-state index contributed by atoms with van der Waals surface area (Å²) in [5.74, 6) is 0.618. The molecule has 102 valence electrons. The minimum atomic E-state index is -0.00221. The Morgan fingerprint density at radius 1 is 1.20 bits per heavy atom. The maximum absolute atomic E-state index is 6.14. The van der Waals surface area contributed by atoms with Gasteiger partial charge in [-0.2, -0.15) is 0 Å². The lowest BCUT2D eigenvalue weighted by Gasteiger charge is -2.12. The molecule has 0 saturated carbocycles. The average Bonchev–Trinajstić information content (AvgIpc) is 2.94. The van der Waals surface area contributed by atoms with Crippen molar-refractivity contribution in [3.63, 3.8) is 0 Å². The maximum atomic E-state index is 6.14. The van der Waals surface area contributed by atoms with Crippen LogP contribution in [0.5, 0.6) is 0 Å². The molecule has 5 heteroatoms. The minimum Gasteiger partial charge on any atom is -0.366 e. The Balaban J connectivity index is 1.73. The number of aromatic nitrogens is 2. The van der Waals surface area contributed by atoms with Crippen LogP contribution in [0.15, 0.2) is 41.8 Å². The minimum absolute atomic E-state index is 0.00221. The van der Waals surface area contributed by atoms with E-state index in [0.717, 1.165) is 15.8 Å². The van der Waals surface area contributed by atoms with E-state index in [1.165, 1.54) is 0 Å². The average molecular weight is 305 g/mol. The Labute approximate surface area is 126 Å². The molecule has 0 fully saturated rings. The van der Waals surface area contributed by atoms with E-state index in [1.807, 2.05) is 48.7 Å². The van der Waals surface area contributed by atoms with Gasteiger partial charge in [-0.3, -0.25) is 0 Å². The van der Waals surface area contributed by atoms with Gasteiger partial charge in [0.2, 0.25) is 0 Å². The molecule has 0 radical (unpaired) electrons. The van der Waals surface area contributed by atoms with Crippen molar-refractivity contribution in [2.24, 2.45) is 0 Å². The molecule has 0 saturated heterocycles. The Bertz CT molecular complexity index is 714. The first-order chi connectivity index (χ1) is 9.74. The summed E-state index contributed by atoms with van der Waals surface area (Å²) >= 11 is 7.69. The van der Waals surface area contributed by atoms with Crippen molar-refractivity contribution in [1.82, 2.24) is 9.97 Å². The zero-order chi connectivity index (χ0) is 13.9. The molecule has 3 rings (SSSR count). The molecule has 1 aromatic carbocycles. The molecule has 20 heavy (non-hydrogen) atoms. The monoisotopic (exact) mass is 304 g/mol. The number of halogens is 1. The number of fused-ring (bicyclic) bond motifs is 1. The summed E-state index contributed by atoms with van der Waals surface area (Å²) in [6.07, 6.45) is -0.00221. The fraction of sp³-hybridized carbons (Fsp3) is 0.200. The molecule has 1 unspecified atom stereocenters. The van der Waals surface area contributed by atoms with Crippen molar-refractivity contribution < 1.29 is 4.74 Å². The number of hydrogen-bond donors (Lipinski definition) is 0. The molecule has 0 N–H and O–H groups in total. The molecular weight excluding hydrogens is 292 g/mol. The molecule has 2 heterocycles. The molecule has 2 aromatic heterocycles. The lowest BCUT2D eigenvalue weighted by Crippen LogP contribution is -2.03. The predicted molar refractivity (Wildman–Crippen MR) is 82.1 cm³/mol. The fourth-order valence-electron chi connectivity index (χ4n) is 1.94. The van der Waals surface area contributed by atoms with Gasteiger partial charge < -0.3 is 4.74 Å². The maximum Gasteiger partial charge on any atom is 0.157 e. The number of nitrogens with zero attached hydrogens (tertiary/aromatic N) is 2. The Kier molecular flexibility index (Phi) is 3.96. The smallest absolute Gasteiger partial charge is 0.157 e. The first-order valence-corrected chi connectivity index (χ1v) is 7.56. The van der Waals surface area contributed by atoms with Gasteiger partial charge in [-0.15, -0.1) is 11.3 Å². The molecule has 3 nitrogen and oxygen atoms in total. The lowest BCUT2D eigenvalue weighted by atomic mass is 10.1. The second kappa shape index (κ2) is 5.87. The predicted octanol–water partition coefficient (Wildman–Crippen LogP) is 4.62. The normalized spacial score (nSPS) is 12.7. The van der Waals surface area contributed by atoms with Crippen molar-refractivity contribution in [3.8, 4) is 0 Å². The Morgan fingerprint density at radius 2 is 2.00 bits per heavy atom. The van der Waals surface area contributed by atoms with E-state index in [-0.39, 0.29) is 6.10 Å². The van der Waals surface area contributed by atoms with E-state index < -0.39 is 0 Å². The van der Waals surface area contributed by atoms with Crippen LogP contribution in [0, 0.1) is 0 Å². The van der Waals surface area contributed by atoms with Gasteiger partial charge in [-0.05, 0) is 23.9 Å². The van der Waals surface area contributed by atoms with Gasteiger partial charge in [-0.1, -0.05) is 41.9 Å². The van der Waals surface area contributed by atoms with E-state index in [9.17, 15) is 0 Å². The third-order valence-electron chi connectivity index (χ3n) is 3.06. The summed E-state index contributed by atoms with van der Waals surface area (Å²) in [5, 5.41) is 3.35. The summed E-state index contributed by atoms with van der Waals surface area (Å²) in [4.78, 5) is 9.63. The number of hydrogen-bond acceptors (Lipinski definition) is 4. The van der Waals surface area contributed by atoms with Gasteiger partial charge in [0.15, 0.2) is 5.82 Å². The molecule has 1 atom stereocenters. The molecule has 0 aliphatic rings. The van der Waals surface area contributed by atoms with Crippen LogP contribution >= 0.6 is 22.9 Å². The quantitative estimate of drug-likeness (QED) is 0.660. The second-order valence-corrected chi connectivity index (χ2v) is 5.69. The van der Waals surface area contributed by atoms with Gasteiger partial charge in [0.05, 0.1) is 6.10 Å². The van der Waals surface area contributed by atoms with Crippen LogP contribution in [0.2, 0.25) is 5.15 Å². The van der Waals surface area contributed by atoms with E-state index in [2.05, 4.69) is 9.97 Å². The molecular formula is C15H13ClN2OS. The number of thiophene rings is 1. The van der Waals surface area contributed by atoms with E-state index in [1.54, 1.807) is 11.3 Å². The van der Waals surface area contributed by atoms with Gasteiger partial charge in [0, 0.05) is 5.39 Å². The van der Waals surface area contributed by atoms with Gasteiger partial charge in [0.25, 0.3) is 0 Å². The van der Waals surface area contributed by atoms with E-state index >= 15 is 0 Å². The zero-order valence-corrected chi connectivity index (χ0v) is 12.5. The standard InChI is InChI=1S/C15H13ClN2OS/c1-10(11-5-3-2-4-6-11)19-9-13-17-14(16)12-7-8-20-15(12)18-13/h2-8,10H,9H2,1H3. The summed E-state index contributed by atoms with van der Waals surface area (Å²) in [6.45, 7) is 2.37. The van der Waals surface area contributed by atoms with Crippen molar-refractivity contribution in [2.45, 2.75) is 19.6 Å². The molecule has 0 amide bonds. The summed E-state index contributed by atoms with van der Waals surface area (Å²) < 4.78 is 5.82. The highest BCUT2D eigenvalue weighted by Gasteiger charge is 2.10. The van der Waals surface area contributed by atoms with Crippen LogP contribution in [0.25, 0.3) is 10.2 Å². The highest BCUT2D eigenvalue weighted by atomic mass is 35.5. The molecule has 3 aromatic rings. The van der Waals surface area contributed by atoms with E-state index in [0.29, 0.717) is 17.6 Å². The first-order valence-electron chi connectivity index (χ1n) is 6.30. The van der Waals surface area contributed by atoms with Crippen LogP contribution in [0.1, 0.15) is 24.4 Å². The van der Waals surface area contributed by atoms with Gasteiger partial charge in [-0.25, -0.2) is 9.97 Å². The van der Waals surface area contributed by atoms with Crippen LogP contribution < -0.4 is 0 Å². The number of benzene rings is 1.